The molecule has 14 heavy (non-hydrogen) atoms. The lowest BCUT2D eigenvalue weighted by molar-refractivity contribution is -0.146. The first-order valence-corrected chi connectivity index (χ1v) is 4.31. The van der Waals surface area contributed by atoms with E-state index < -0.39 is 12.0 Å². The van der Waals surface area contributed by atoms with E-state index >= 15 is 0 Å². The lowest BCUT2D eigenvalue weighted by Crippen LogP contribution is -2.17. The summed E-state index contributed by atoms with van der Waals surface area (Å²) in [6, 6.07) is 8.68. The Bertz CT molecular complexity index is 311. The van der Waals surface area contributed by atoms with Gasteiger partial charge in [-0.1, -0.05) is 30.3 Å². The van der Waals surface area contributed by atoms with Crippen LogP contribution in [0.1, 0.15) is 12.5 Å². The molecule has 1 atom stereocenters. The second-order valence-corrected chi connectivity index (χ2v) is 2.90. The number of carbonyl (C=O) groups is 1. The van der Waals surface area contributed by atoms with Crippen molar-refractivity contribution in [2.24, 2.45) is 5.11 Å². The van der Waals surface area contributed by atoms with Gasteiger partial charge in [0.05, 0.1) is 0 Å². The standard InChI is InChI=1S/C10H12N2O2/c1-8(12-11)10(13)14-7-9-5-3-2-4-6-9/h2-6,8,11H,7H2,1H3/t8-/m1/s1. The van der Waals surface area contributed by atoms with Crippen LogP contribution in [0.5, 0.6) is 0 Å². The van der Waals surface area contributed by atoms with Gasteiger partial charge in [0.1, 0.15) is 6.61 Å². The minimum atomic E-state index is -0.710. The molecule has 74 valence electrons. The lowest BCUT2D eigenvalue weighted by Gasteiger charge is -2.05. The fourth-order valence-electron chi connectivity index (χ4n) is 0.902. The zero-order valence-corrected chi connectivity index (χ0v) is 7.93. The van der Waals surface area contributed by atoms with Gasteiger partial charge >= 0.3 is 5.97 Å². The van der Waals surface area contributed by atoms with Crippen molar-refractivity contribution in [3.8, 4) is 0 Å². The Hall–Kier alpha value is -1.71. The Kier molecular flexibility index (Phi) is 3.79. The van der Waals surface area contributed by atoms with Crippen molar-refractivity contribution in [1.82, 2.24) is 0 Å². The van der Waals surface area contributed by atoms with Crippen molar-refractivity contribution >= 4 is 5.97 Å². The molecule has 0 unspecified atom stereocenters. The van der Waals surface area contributed by atoms with Crippen LogP contribution in [0, 0.1) is 5.53 Å². The van der Waals surface area contributed by atoms with E-state index in [2.05, 4.69) is 5.11 Å². The van der Waals surface area contributed by atoms with Crippen LogP contribution in [0.15, 0.2) is 35.4 Å². The van der Waals surface area contributed by atoms with Gasteiger partial charge in [-0.25, -0.2) is 10.3 Å². The highest BCUT2D eigenvalue weighted by Gasteiger charge is 2.12. The van der Waals surface area contributed by atoms with Crippen molar-refractivity contribution in [2.45, 2.75) is 19.6 Å². The van der Waals surface area contributed by atoms with Gasteiger partial charge in [-0.2, -0.15) is 5.11 Å². The number of ether oxygens (including phenoxy) is 1. The quantitative estimate of drug-likeness (QED) is 0.586. The fraction of sp³-hybridized carbons (Fsp3) is 0.300. The van der Waals surface area contributed by atoms with Crippen molar-refractivity contribution in [3.05, 3.63) is 35.9 Å². The van der Waals surface area contributed by atoms with Crippen molar-refractivity contribution in [2.75, 3.05) is 0 Å². The highest BCUT2D eigenvalue weighted by molar-refractivity contribution is 5.75. The molecule has 0 aliphatic carbocycles. The minimum Gasteiger partial charge on any atom is -0.459 e. The molecule has 0 radical (unpaired) electrons. The van der Waals surface area contributed by atoms with E-state index in [-0.39, 0.29) is 6.61 Å². The smallest absolute Gasteiger partial charge is 0.332 e. The Balaban J connectivity index is 2.42. The van der Waals surface area contributed by atoms with E-state index in [4.69, 9.17) is 10.3 Å². The molecule has 1 aromatic rings. The van der Waals surface area contributed by atoms with Crippen LogP contribution in [0.3, 0.4) is 0 Å². The van der Waals surface area contributed by atoms with Gasteiger partial charge in [-0.15, -0.1) is 0 Å². The zero-order valence-electron chi connectivity index (χ0n) is 7.93. The number of carbonyl (C=O) groups excluding carboxylic acids is 1. The molecule has 4 nitrogen and oxygen atoms in total. The number of rotatable bonds is 4. The summed E-state index contributed by atoms with van der Waals surface area (Å²) >= 11 is 0. The molecule has 0 saturated heterocycles. The monoisotopic (exact) mass is 192 g/mol. The molecule has 0 saturated carbocycles. The number of nitrogens with one attached hydrogen (secondary N) is 1. The van der Waals surface area contributed by atoms with Crippen molar-refractivity contribution in [1.29, 1.82) is 5.53 Å². The Morgan fingerprint density at radius 1 is 1.50 bits per heavy atom. The summed E-state index contributed by atoms with van der Waals surface area (Å²) in [6.45, 7) is 1.76. The van der Waals surface area contributed by atoms with Crippen LogP contribution in [0.4, 0.5) is 0 Å². The molecule has 0 aliphatic rings. The molecular weight excluding hydrogens is 180 g/mol. The molecule has 0 bridgehead atoms. The zero-order chi connectivity index (χ0) is 10.4. The van der Waals surface area contributed by atoms with Crippen LogP contribution in [0.25, 0.3) is 0 Å². The average molecular weight is 192 g/mol. The Labute approximate surface area is 82.4 Å². The van der Waals surface area contributed by atoms with E-state index in [0.29, 0.717) is 0 Å². The van der Waals surface area contributed by atoms with Crippen molar-refractivity contribution in [3.63, 3.8) is 0 Å². The summed E-state index contributed by atoms with van der Waals surface area (Å²) in [6.07, 6.45) is 0. The van der Waals surface area contributed by atoms with Gasteiger partial charge < -0.3 is 4.74 Å². The highest BCUT2D eigenvalue weighted by atomic mass is 16.5. The second-order valence-electron chi connectivity index (χ2n) is 2.90. The first-order valence-electron chi connectivity index (χ1n) is 4.31. The van der Waals surface area contributed by atoms with Crippen LogP contribution in [0.2, 0.25) is 0 Å². The molecule has 0 amide bonds. The number of hydrogen-bond donors (Lipinski definition) is 1. The van der Waals surface area contributed by atoms with Crippen LogP contribution < -0.4 is 0 Å². The summed E-state index contributed by atoms with van der Waals surface area (Å²) in [5, 5.41) is 3.08. The fourth-order valence-corrected chi connectivity index (χ4v) is 0.902. The topological polar surface area (TPSA) is 62.5 Å². The minimum absolute atomic E-state index is 0.236. The van der Waals surface area contributed by atoms with Gasteiger partial charge in [0.15, 0.2) is 6.04 Å². The van der Waals surface area contributed by atoms with Crippen LogP contribution in [-0.4, -0.2) is 12.0 Å². The highest BCUT2D eigenvalue weighted by Crippen LogP contribution is 2.02. The van der Waals surface area contributed by atoms with E-state index in [9.17, 15) is 4.79 Å². The molecule has 4 heteroatoms. The third kappa shape index (κ3) is 2.97. The third-order valence-corrected chi connectivity index (χ3v) is 1.76. The molecule has 1 rings (SSSR count). The first kappa shape index (κ1) is 10.4. The van der Waals surface area contributed by atoms with Crippen LogP contribution in [-0.2, 0) is 16.1 Å². The van der Waals surface area contributed by atoms with Crippen LogP contribution >= 0.6 is 0 Å². The maximum atomic E-state index is 11.1. The molecule has 0 heterocycles. The molecule has 0 aromatic heterocycles. The SMILES string of the molecule is C[C@@H](N=N)C(=O)OCc1ccccc1. The molecule has 0 fully saturated rings. The first-order chi connectivity index (χ1) is 6.74. The third-order valence-electron chi connectivity index (χ3n) is 1.76. The normalized spacial score (nSPS) is 11.8. The summed E-state index contributed by atoms with van der Waals surface area (Å²) in [4.78, 5) is 11.1. The molecular formula is C10H12N2O2. The number of esters is 1. The average Bonchev–Trinajstić information content (AvgIpc) is 2.26. The maximum Gasteiger partial charge on any atom is 0.332 e. The molecule has 0 aliphatic heterocycles. The largest absolute Gasteiger partial charge is 0.459 e. The number of benzene rings is 1. The Morgan fingerprint density at radius 3 is 2.71 bits per heavy atom. The predicted octanol–water partition coefficient (Wildman–Crippen LogP) is 2.15. The maximum absolute atomic E-state index is 11.1. The molecule has 1 N–H and O–H groups in total. The Morgan fingerprint density at radius 2 is 2.14 bits per heavy atom. The predicted molar refractivity (Wildman–Crippen MR) is 50.8 cm³/mol. The van der Waals surface area contributed by atoms with E-state index in [1.807, 2.05) is 30.3 Å². The second kappa shape index (κ2) is 5.11. The summed E-state index contributed by atoms with van der Waals surface area (Å²) in [7, 11) is 0. The summed E-state index contributed by atoms with van der Waals surface area (Å²) in [5.41, 5.74) is 7.58. The van der Waals surface area contributed by atoms with E-state index in [0.717, 1.165) is 5.56 Å². The van der Waals surface area contributed by atoms with E-state index in [1.165, 1.54) is 6.92 Å². The molecule has 0 spiro atoms. The van der Waals surface area contributed by atoms with Gasteiger partial charge in [0.25, 0.3) is 0 Å². The summed E-state index contributed by atoms with van der Waals surface area (Å²) in [5.74, 6) is -0.469. The summed E-state index contributed by atoms with van der Waals surface area (Å²) < 4.78 is 4.93. The van der Waals surface area contributed by atoms with Gasteiger partial charge in [0.2, 0.25) is 0 Å². The van der Waals surface area contributed by atoms with Crippen molar-refractivity contribution < 1.29 is 9.53 Å². The van der Waals surface area contributed by atoms with Gasteiger partial charge in [-0.3, -0.25) is 0 Å². The van der Waals surface area contributed by atoms with Gasteiger partial charge in [0, 0.05) is 0 Å². The van der Waals surface area contributed by atoms with E-state index in [1.54, 1.807) is 0 Å². The number of hydrogen-bond acceptors (Lipinski definition) is 4. The molecule has 1 aromatic carbocycles. The lowest BCUT2D eigenvalue weighted by atomic mass is 10.2. The van der Waals surface area contributed by atoms with Gasteiger partial charge in [-0.05, 0) is 12.5 Å². The number of nitrogens with zero attached hydrogens (tertiary/aromatic N) is 1.